The molecule has 0 aliphatic carbocycles. The van der Waals surface area contributed by atoms with Crippen molar-refractivity contribution in [1.82, 2.24) is 20.0 Å². The van der Waals surface area contributed by atoms with Gasteiger partial charge in [-0.1, -0.05) is 19.1 Å². The Morgan fingerprint density at radius 2 is 2.00 bits per heavy atom. The van der Waals surface area contributed by atoms with Gasteiger partial charge in [0.15, 0.2) is 0 Å². The van der Waals surface area contributed by atoms with Crippen molar-refractivity contribution in [2.45, 2.75) is 33.7 Å². The zero-order valence-corrected chi connectivity index (χ0v) is 14.1. The maximum atomic E-state index is 12.3. The van der Waals surface area contributed by atoms with E-state index in [1.807, 2.05) is 49.7 Å². The highest BCUT2D eigenvalue weighted by Gasteiger charge is 2.10. The maximum absolute atomic E-state index is 12.3. The van der Waals surface area contributed by atoms with Crippen molar-refractivity contribution in [3.05, 3.63) is 64.6 Å². The molecule has 124 valence electrons. The minimum atomic E-state index is -0.147. The molecule has 3 aromatic rings. The molecule has 6 nitrogen and oxygen atoms in total. The Kier molecular flexibility index (Phi) is 4.46. The molecule has 0 saturated heterocycles. The van der Waals surface area contributed by atoms with Gasteiger partial charge in [-0.3, -0.25) is 14.6 Å². The van der Waals surface area contributed by atoms with Gasteiger partial charge in [-0.15, -0.1) is 0 Å². The highest BCUT2D eigenvalue weighted by Crippen LogP contribution is 2.14. The number of nitrogens with zero attached hydrogens (tertiary/aromatic N) is 3. The molecule has 0 aliphatic rings. The average molecular weight is 323 g/mol. The molecule has 3 rings (SSSR count). The van der Waals surface area contributed by atoms with Gasteiger partial charge in [0.25, 0.3) is 5.91 Å². The second kappa shape index (κ2) is 6.70. The van der Waals surface area contributed by atoms with Gasteiger partial charge in [0, 0.05) is 16.8 Å². The molecule has 24 heavy (non-hydrogen) atoms. The molecule has 0 atom stereocenters. The molecule has 0 spiro atoms. The normalized spacial score (nSPS) is 10.8. The van der Waals surface area contributed by atoms with Gasteiger partial charge in [-0.25, -0.2) is 0 Å². The number of H-pyrrole nitrogens is 1. The first-order chi connectivity index (χ1) is 11.6. The third kappa shape index (κ3) is 3.37. The van der Waals surface area contributed by atoms with Crippen LogP contribution in [0.1, 0.15) is 39.8 Å². The fraction of sp³-hybridized carbons (Fsp3) is 0.278. The average Bonchev–Trinajstić information content (AvgIpc) is 3.14. The van der Waals surface area contributed by atoms with Gasteiger partial charge in [-0.05, 0) is 44.0 Å². The van der Waals surface area contributed by atoms with E-state index >= 15 is 0 Å². The van der Waals surface area contributed by atoms with Gasteiger partial charge >= 0.3 is 0 Å². The van der Waals surface area contributed by atoms with E-state index in [2.05, 4.69) is 26.7 Å². The van der Waals surface area contributed by atoms with Crippen LogP contribution < -0.4 is 5.32 Å². The summed E-state index contributed by atoms with van der Waals surface area (Å²) in [6.45, 7) is 6.74. The van der Waals surface area contributed by atoms with E-state index in [1.54, 1.807) is 6.20 Å². The van der Waals surface area contributed by atoms with E-state index in [9.17, 15) is 4.79 Å². The fourth-order valence-corrected chi connectivity index (χ4v) is 2.64. The lowest BCUT2D eigenvalue weighted by Gasteiger charge is -2.07. The molecule has 2 heterocycles. The topological polar surface area (TPSA) is 75.6 Å². The van der Waals surface area contributed by atoms with Crippen molar-refractivity contribution < 1.29 is 4.79 Å². The van der Waals surface area contributed by atoms with Crippen LogP contribution in [0.4, 0.5) is 5.82 Å². The molecule has 1 amide bonds. The SMILES string of the molecule is CCc1cn[nH]c1NC(=O)c1ccc(Cn2nc(C)cc2C)cc1. The summed E-state index contributed by atoms with van der Waals surface area (Å²) in [5.74, 6) is 0.515. The molecule has 0 saturated carbocycles. The second-order valence-electron chi connectivity index (χ2n) is 5.86. The molecule has 6 heteroatoms. The fourth-order valence-electron chi connectivity index (χ4n) is 2.64. The number of anilines is 1. The number of carbonyl (C=O) groups is 1. The zero-order chi connectivity index (χ0) is 17.1. The lowest BCUT2D eigenvalue weighted by atomic mass is 10.1. The molecule has 0 aliphatic heterocycles. The number of rotatable bonds is 5. The number of aryl methyl sites for hydroxylation is 3. The third-order valence-electron chi connectivity index (χ3n) is 3.99. The predicted octanol–water partition coefficient (Wildman–Crippen LogP) is 3.09. The van der Waals surface area contributed by atoms with Crippen LogP contribution in [0.25, 0.3) is 0 Å². The summed E-state index contributed by atoms with van der Waals surface area (Å²) in [5, 5.41) is 14.1. The van der Waals surface area contributed by atoms with Crippen molar-refractivity contribution in [2.75, 3.05) is 5.32 Å². The zero-order valence-electron chi connectivity index (χ0n) is 14.1. The van der Waals surface area contributed by atoms with E-state index in [0.29, 0.717) is 17.9 Å². The number of benzene rings is 1. The summed E-state index contributed by atoms with van der Waals surface area (Å²) < 4.78 is 1.96. The number of carbonyl (C=O) groups excluding carboxylic acids is 1. The Balaban J connectivity index is 1.70. The van der Waals surface area contributed by atoms with E-state index in [0.717, 1.165) is 28.9 Å². The van der Waals surface area contributed by atoms with Gasteiger partial charge < -0.3 is 5.32 Å². The Morgan fingerprint density at radius 3 is 2.62 bits per heavy atom. The second-order valence-corrected chi connectivity index (χ2v) is 5.86. The Hall–Kier alpha value is -2.89. The molecule has 0 bridgehead atoms. The van der Waals surface area contributed by atoms with Crippen LogP contribution in [0.3, 0.4) is 0 Å². The summed E-state index contributed by atoms with van der Waals surface area (Å²) in [6.07, 6.45) is 2.54. The van der Waals surface area contributed by atoms with E-state index in [4.69, 9.17) is 0 Å². The number of aromatic amines is 1. The van der Waals surface area contributed by atoms with Crippen molar-refractivity contribution in [3.63, 3.8) is 0 Å². The number of hydrogen-bond donors (Lipinski definition) is 2. The Bertz CT molecular complexity index is 845. The largest absolute Gasteiger partial charge is 0.307 e. The van der Waals surface area contributed by atoms with Gasteiger partial charge in [0.1, 0.15) is 5.82 Å². The first-order valence-corrected chi connectivity index (χ1v) is 8.00. The number of aromatic nitrogens is 4. The van der Waals surface area contributed by atoms with Gasteiger partial charge in [-0.2, -0.15) is 10.2 Å². The lowest BCUT2D eigenvalue weighted by molar-refractivity contribution is 0.102. The number of hydrogen-bond acceptors (Lipinski definition) is 3. The smallest absolute Gasteiger partial charge is 0.256 e. The highest BCUT2D eigenvalue weighted by atomic mass is 16.1. The summed E-state index contributed by atoms with van der Waals surface area (Å²) in [4.78, 5) is 12.3. The lowest BCUT2D eigenvalue weighted by Crippen LogP contribution is -2.13. The maximum Gasteiger partial charge on any atom is 0.256 e. The Labute approximate surface area is 140 Å². The van der Waals surface area contributed by atoms with Crippen LogP contribution in [0, 0.1) is 13.8 Å². The monoisotopic (exact) mass is 323 g/mol. The van der Waals surface area contributed by atoms with Crippen molar-refractivity contribution >= 4 is 11.7 Å². The quantitative estimate of drug-likeness (QED) is 0.757. The van der Waals surface area contributed by atoms with Crippen LogP contribution in [-0.4, -0.2) is 25.9 Å². The van der Waals surface area contributed by atoms with Crippen LogP contribution in [0.5, 0.6) is 0 Å². The van der Waals surface area contributed by atoms with Gasteiger partial charge in [0.2, 0.25) is 0 Å². The van der Waals surface area contributed by atoms with Crippen molar-refractivity contribution in [1.29, 1.82) is 0 Å². The van der Waals surface area contributed by atoms with Crippen LogP contribution >= 0.6 is 0 Å². The standard InChI is InChI=1S/C18H21N5O/c1-4-15-10-19-21-17(15)20-18(24)16-7-5-14(6-8-16)11-23-13(3)9-12(2)22-23/h5-10H,4,11H2,1-3H3,(H2,19,20,21,24). The Morgan fingerprint density at radius 1 is 1.25 bits per heavy atom. The van der Waals surface area contributed by atoms with Crippen LogP contribution in [0.2, 0.25) is 0 Å². The van der Waals surface area contributed by atoms with Crippen molar-refractivity contribution in [3.8, 4) is 0 Å². The third-order valence-corrected chi connectivity index (χ3v) is 3.99. The number of amides is 1. The van der Waals surface area contributed by atoms with Crippen LogP contribution in [-0.2, 0) is 13.0 Å². The molecule has 0 radical (unpaired) electrons. The molecule has 0 fully saturated rings. The summed E-state index contributed by atoms with van der Waals surface area (Å²) in [5.41, 5.74) is 4.84. The molecular weight excluding hydrogens is 302 g/mol. The molecule has 2 N–H and O–H groups in total. The highest BCUT2D eigenvalue weighted by molar-refractivity contribution is 6.04. The molecule has 1 aromatic carbocycles. The van der Waals surface area contributed by atoms with E-state index < -0.39 is 0 Å². The molecule has 0 unspecified atom stereocenters. The first kappa shape index (κ1) is 16.0. The number of nitrogens with one attached hydrogen (secondary N) is 2. The first-order valence-electron chi connectivity index (χ1n) is 8.00. The summed E-state index contributed by atoms with van der Waals surface area (Å²) in [7, 11) is 0. The minimum Gasteiger partial charge on any atom is -0.307 e. The van der Waals surface area contributed by atoms with E-state index in [-0.39, 0.29) is 5.91 Å². The predicted molar refractivity (Wildman–Crippen MR) is 93.2 cm³/mol. The minimum absolute atomic E-state index is 0.147. The molecular formula is C18H21N5O. The van der Waals surface area contributed by atoms with Gasteiger partial charge in [0.05, 0.1) is 18.4 Å². The molecule has 2 aromatic heterocycles. The van der Waals surface area contributed by atoms with E-state index in [1.165, 1.54) is 0 Å². The summed E-state index contributed by atoms with van der Waals surface area (Å²) >= 11 is 0. The summed E-state index contributed by atoms with van der Waals surface area (Å²) in [6, 6.07) is 9.63. The van der Waals surface area contributed by atoms with Crippen LogP contribution in [0.15, 0.2) is 36.5 Å². The van der Waals surface area contributed by atoms with Crippen molar-refractivity contribution in [2.24, 2.45) is 0 Å².